The van der Waals surface area contributed by atoms with E-state index in [1.165, 1.54) is 16.4 Å². The predicted octanol–water partition coefficient (Wildman–Crippen LogP) is 4.87. The van der Waals surface area contributed by atoms with Gasteiger partial charge in [0.05, 0.1) is 11.4 Å². The van der Waals surface area contributed by atoms with Crippen molar-refractivity contribution in [1.82, 2.24) is 25.1 Å². The second-order valence-corrected chi connectivity index (χ2v) is 9.26. The number of H-pyrrole nitrogens is 1. The summed E-state index contributed by atoms with van der Waals surface area (Å²) in [6.45, 7) is 6.19. The first-order valence-electron chi connectivity index (χ1n) is 10.4. The van der Waals surface area contributed by atoms with Crippen molar-refractivity contribution < 1.29 is 4.79 Å². The monoisotopic (exact) mass is 481 g/mol. The van der Waals surface area contributed by atoms with Crippen LogP contribution in [0.2, 0.25) is 5.02 Å². The van der Waals surface area contributed by atoms with Crippen LogP contribution in [0.15, 0.2) is 53.7 Å². The van der Waals surface area contributed by atoms with E-state index in [1.807, 2.05) is 43.3 Å². The largest absolute Gasteiger partial charge is 0.335 e. The van der Waals surface area contributed by atoms with Gasteiger partial charge in [0.15, 0.2) is 0 Å². The number of rotatable bonds is 7. The zero-order valence-corrected chi connectivity index (χ0v) is 20.0. The van der Waals surface area contributed by atoms with E-state index in [2.05, 4.69) is 39.6 Å². The molecule has 170 valence electrons. The Hall–Kier alpha value is -3.30. The van der Waals surface area contributed by atoms with E-state index < -0.39 is 0 Å². The van der Waals surface area contributed by atoms with Crippen LogP contribution in [0.25, 0.3) is 22.8 Å². The topological polar surface area (TPSA) is 115 Å². The first kappa shape index (κ1) is 22.9. The van der Waals surface area contributed by atoms with E-state index in [9.17, 15) is 4.79 Å². The van der Waals surface area contributed by atoms with Crippen LogP contribution in [0.4, 0.5) is 5.69 Å². The molecule has 0 fully saturated rings. The molecule has 0 bridgehead atoms. The van der Waals surface area contributed by atoms with Crippen LogP contribution in [0.3, 0.4) is 0 Å². The smallest absolute Gasteiger partial charge is 0.234 e. The Kier molecular flexibility index (Phi) is 6.71. The summed E-state index contributed by atoms with van der Waals surface area (Å²) in [7, 11) is 0. The minimum Gasteiger partial charge on any atom is -0.335 e. The highest BCUT2D eigenvalue weighted by molar-refractivity contribution is 7.99. The number of amides is 1. The molecule has 0 aliphatic carbocycles. The zero-order valence-electron chi connectivity index (χ0n) is 18.5. The van der Waals surface area contributed by atoms with Gasteiger partial charge in [-0.15, -0.1) is 10.2 Å². The molecule has 0 aliphatic rings. The van der Waals surface area contributed by atoms with Gasteiger partial charge in [-0.25, -0.2) is 4.68 Å². The first-order chi connectivity index (χ1) is 15.8. The lowest BCUT2D eigenvalue weighted by Crippen LogP contribution is -2.18. The number of carbonyl (C=O) groups excluding carboxylic acids is 1. The third kappa shape index (κ3) is 5.04. The lowest BCUT2D eigenvalue weighted by atomic mass is 9.98. The van der Waals surface area contributed by atoms with Gasteiger partial charge in [0, 0.05) is 16.3 Å². The number of aromatic nitrogens is 5. The second kappa shape index (κ2) is 9.68. The Bertz CT molecular complexity index is 1280. The summed E-state index contributed by atoms with van der Waals surface area (Å²) in [5, 5.41) is 19.7. The molecule has 4 rings (SSSR count). The normalized spacial score (nSPS) is 11.2. The van der Waals surface area contributed by atoms with Crippen molar-refractivity contribution in [3.05, 3.63) is 64.7 Å². The minimum atomic E-state index is -0.132. The number of anilines is 1. The summed E-state index contributed by atoms with van der Waals surface area (Å²) < 4.78 is 1.35. The number of nitrogen functional groups attached to an aromatic ring is 1. The van der Waals surface area contributed by atoms with Crippen molar-refractivity contribution in [2.45, 2.75) is 31.8 Å². The number of nitrogens with zero attached hydrogens (tertiary/aromatic N) is 4. The molecule has 2 aromatic carbocycles. The maximum atomic E-state index is 12.6. The van der Waals surface area contributed by atoms with E-state index in [1.54, 1.807) is 12.1 Å². The molecular formula is C23H24ClN7OS. The predicted molar refractivity (Wildman–Crippen MR) is 133 cm³/mol. The molecule has 33 heavy (non-hydrogen) atoms. The zero-order chi connectivity index (χ0) is 23.5. The molecule has 8 nitrogen and oxygen atoms in total. The highest BCUT2D eigenvalue weighted by atomic mass is 35.5. The summed E-state index contributed by atoms with van der Waals surface area (Å²) in [5.74, 6) is 6.95. The molecule has 1 amide bonds. The summed E-state index contributed by atoms with van der Waals surface area (Å²) in [6.07, 6.45) is 0. The molecule has 10 heteroatoms. The number of hydrogen-bond acceptors (Lipinski definition) is 6. The second-order valence-electron chi connectivity index (χ2n) is 7.88. The molecule has 0 saturated heterocycles. The minimum absolute atomic E-state index is 0.132. The van der Waals surface area contributed by atoms with E-state index in [4.69, 9.17) is 17.4 Å². The maximum absolute atomic E-state index is 12.6. The van der Waals surface area contributed by atoms with Gasteiger partial charge in [0.1, 0.15) is 5.69 Å². The van der Waals surface area contributed by atoms with E-state index in [-0.39, 0.29) is 11.7 Å². The van der Waals surface area contributed by atoms with Crippen molar-refractivity contribution in [3.8, 4) is 22.8 Å². The van der Waals surface area contributed by atoms with Crippen molar-refractivity contribution in [3.63, 3.8) is 0 Å². The van der Waals surface area contributed by atoms with Gasteiger partial charge >= 0.3 is 0 Å². The van der Waals surface area contributed by atoms with Crippen LogP contribution in [-0.4, -0.2) is 36.7 Å². The fraction of sp³-hybridized carbons (Fsp3) is 0.217. The van der Waals surface area contributed by atoms with Crippen molar-refractivity contribution in [2.24, 2.45) is 0 Å². The SMILES string of the molecule is Cc1cccc(C(C)C)c1NC(=O)CSc1nnc(-c2cc(-c3ccc(Cl)cc3)n[nH]2)n1N. The lowest BCUT2D eigenvalue weighted by Gasteiger charge is -2.16. The number of halogens is 1. The lowest BCUT2D eigenvalue weighted by molar-refractivity contribution is -0.113. The quantitative estimate of drug-likeness (QED) is 0.256. The van der Waals surface area contributed by atoms with Crippen LogP contribution in [0.1, 0.15) is 30.9 Å². The van der Waals surface area contributed by atoms with Crippen LogP contribution in [-0.2, 0) is 4.79 Å². The average molecular weight is 482 g/mol. The van der Waals surface area contributed by atoms with Crippen LogP contribution in [0.5, 0.6) is 0 Å². The average Bonchev–Trinajstić information content (AvgIpc) is 3.41. The van der Waals surface area contributed by atoms with Gasteiger partial charge in [0.25, 0.3) is 0 Å². The van der Waals surface area contributed by atoms with Crippen molar-refractivity contribution >= 4 is 35.0 Å². The molecule has 0 unspecified atom stereocenters. The van der Waals surface area contributed by atoms with Crippen LogP contribution < -0.4 is 11.2 Å². The number of carbonyl (C=O) groups is 1. The highest BCUT2D eigenvalue weighted by Crippen LogP contribution is 2.28. The number of hydrogen-bond donors (Lipinski definition) is 3. The fourth-order valence-electron chi connectivity index (χ4n) is 3.41. The number of aryl methyl sites for hydroxylation is 1. The van der Waals surface area contributed by atoms with Gasteiger partial charge < -0.3 is 11.2 Å². The van der Waals surface area contributed by atoms with Gasteiger partial charge in [-0.2, -0.15) is 5.10 Å². The molecule has 0 aliphatic heterocycles. The van der Waals surface area contributed by atoms with E-state index in [0.29, 0.717) is 27.6 Å². The van der Waals surface area contributed by atoms with Gasteiger partial charge in [0.2, 0.25) is 16.9 Å². The maximum Gasteiger partial charge on any atom is 0.234 e. The summed E-state index contributed by atoms with van der Waals surface area (Å²) in [6, 6.07) is 15.2. The Morgan fingerprint density at radius 3 is 2.70 bits per heavy atom. The molecule has 2 heterocycles. The number of thioether (sulfide) groups is 1. The van der Waals surface area contributed by atoms with Gasteiger partial charge in [-0.05, 0) is 42.2 Å². The Balaban J connectivity index is 1.44. The van der Waals surface area contributed by atoms with Gasteiger partial charge in [-0.3, -0.25) is 9.89 Å². The summed E-state index contributed by atoms with van der Waals surface area (Å²) >= 11 is 7.17. The summed E-state index contributed by atoms with van der Waals surface area (Å²) in [5.41, 5.74) is 5.26. The van der Waals surface area contributed by atoms with Crippen LogP contribution in [0, 0.1) is 6.92 Å². The summed E-state index contributed by atoms with van der Waals surface area (Å²) in [4.78, 5) is 12.6. The number of para-hydroxylation sites is 1. The third-order valence-corrected chi connectivity index (χ3v) is 6.34. The Morgan fingerprint density at radius 1 is 1.21 bits per heavy atom. The molecule has 0 radical (unpaired) electrons. The molecule has 0 spiro atoms. The fourth-order valence-corrected chi connectivity index (χ4v) is 4.19. The molecule has 4 aromatic rings. The number of benzene rings is 2. The first-order valence-corrected chi connectivity index (χ1v) is 11.7. The van der Waals surface area contributed by atoms with Crippen LogP contribution >= 0.6 is 23.4 Å². The number of nitrogens with two attached hydrogens (primary N) is 1. The van der Waals surface area contributed by atoms with E-state index in [0.717, 1.165) is 28.1 Å². The van der Waals surface area contributed by atoms with E-state index >= 15 is 0 Å². The number of aromatic amines is 1. The van der Waals surface area contributed by atoms with Gasteiger partial charge in [-0.1, -0.05) is 67.5 Å². The standard InChI is InChI=1S/C23H24ClN7OS/c1-13(2)17-6-4-5-14(3)21(17)26-20(32)12-33-23-30-29-22(31(23)25)19-11-18(27-28-19)15-7-9-16(24)10-8-15/h4-11,13H,12,25H2,1-3H3,(H,26,32)(H,27,28). The third-order valence-electron chi connectivity index (χ3n) is 5.15. The molecule has 0 saturated carbocycles. The molecule has 0 atom stereocenters. The molecule has 4 N–H and O–H groups in total. The Labute approximate surface area is 200 Å². The number of nitrogens with one attached hydrogen (secondary N) is 2. The molecule has 2 aromatic heterocycles. The highest BCUT2D eigenvalue weighted by Gasteiger charge is 2.17. The van der Waals surface area contributed by atoms with Crippen molar-refractivity contribution in [2.75, 3.05) is 16.9 Å². The molecular weight excluding hydrogens is 458 g/mol. The Morgan fingerprint density at radius 2 is 1.97 bits per heavy atom. The van der Waals surface area contributed by atoms with Crippen molar-refractivity contribution in [1.29, 1.82) is 0 Å².